The molecule has 0 spiro atoms. The van der Waals surface area contributed by atoms with Crippen LogP contribution in [0.15, 0.2) is 18.2 Å². The Morgan fingerprint density at radius 3 is 2.50 bits per heavy atom. The summed E-state index contributed by atoms with van der Waals surface area (Å²) in [5, 5.41) is 11.2. The molecule has 1 N–H and O–H groups in total. The number of benzene rings is 1. The van der Waals surface area contributed by atoms with Crippen molar-refractivity contribution in [1.82, 2.24) is 14.8 Å². The van der Waals surface area contributed by atoms with Crippen LogP contribution in [0.2, 0.25) is 0 Å². The maximum Gasteiger partial charge on any atom is 0.224 e. The Hall–Kier alpha value is -2.24. The average molecular weight is 248 g/mol. The Labute approximate surface area is 106 Å². The molecule has 0 fully saturated rings. The fourth-order valence-corrected chi connectivity index (χ4v) is 1.76. The summed E-state index contributed by atoms with van der Waals surface area (Å²) in [6.45, 7) is 0. The largest absolute Gasteiger partial charge is 0.497 e. The number of anilines is 1. The summed E-state index contributed by atoms with van der Waals surface area (Å²) in [6, 6.07) is 5.59. The molecule has 0 amide bonds. The molecule has 0 aliphatic heterocycles. The normalized spacial score (nSPS) is 10.2. The van der Waals surface area contributed by atoms with Crippen molar-refractivity contribution in [1.29, 1.82) is 0 Å². The van der Waals surface area contributed by atoms with E-state index in [0.717, 1.165) is 17.1 Å². The highest BCUT2D eigenvalue weighted by atomic mass is 16.5. The lowest BCUT2D eigenvalue weighted by molar-refractivity contribution is 0.395. The van der Waals surface area contributed by atoms with Crippen LogP contribution in [-0.4, -0.2) is 36.0 Å². The highest BCUT2D eigenvalue weighted by Gasteiger charge is 2.14. The zero-order chi connectivity index (χ0) is 13.1. The third-order valence-electron chi connectivity index (χ3n) is 2.75. The molecular formula is C12H16N4O2. The lowest BCUT2D eigenvalue weighted by Crippen LogP contribution is -2.00. The first kappa shape index (κ1) is 12.2. The number of nitrogens with zero attached hydrogens (tertiary/aromatic N) is 3. The van der Waals surface area contributed by atoms with Gasteiger partial charge in [-0.25, -0.2) is 0 Å². The highest BCUT2D eigenvalue weighted by Crippen LogP contribution is 2.32. The van der Waals surface area contributed by atoms with Gasteiger partial charge in [0, 0.05) is 20.2 Å². The van der Waals surface area contributed by atoms with Crippen molar-refractivity contribution in [2.75, 3.05) is 26.6 Å². The van der Waals surface area contributed by atoms with Gasteiger partial charge in [0.1, 0.15) is 11.5 Å². The number of ether oxygens (including phenoxy) is 2. The van der Waals surface area contributed by atoms with Crippen molar-refractivity contribution in [2.24, 2.45) is 7.05 Å². The van der Waals surface area contributed by atoms with Gasteiger partial charge < -0.3 is 14.8 Å². The molecule has 18 heavy (non-hydrogen) atoms. The second kappa shape index (κ2) is 4.95. The van der Waals surface area contributed by atoms with Gasteiger partial charge in [-0.2, -0.15) is 0 Å². The molecule has 6 nitrogen and oxygen atoms in total. The maximum absolute atomic E-state index is 5.36. The quantitative estimate of drug-likeness (QED) is 0.889. The van der Waals surface area contributed by atoms with E-state index < -0.39 is 0 Å². The monoisotopic (exact) mass is 248 g/mol. The smallest absolute Gasteiger partial charge is 0.224 e. The second-order valence-corrected chi connectivity index (χ2v) is 3.72. The lowest BCUT2D eigenvalue weighted by atomic mass is 10.2. The average Bonchev–Trinajstić information content (AvgIpc) is 2.78. The Bertz CT molecular complexity index is 551. The first-order valence-corrected chi connectivity index (χ1v) is 5.50. The first-order valence-electron chi connectivity index (χ1n) is 5.50. The highest BCUT2D eigenvalue weighted by molar-refractivity contribution is 5.67. The Morgan fingerprint density at radius 2 is 1.94 bits per heavy atom. The molecule has 2 aromatic rings. The van der Waals surface area contributed by atoms with Crippen LogP contribution < -0.4 is 14.8 Å². The Kier molecular flexibility index (Phi) is 3.36. The van der Waals surface area contributed by atoms with Crippen LogP contribution in [0.25, 0.3) is 11.4 Å². The summed E-state index contributed by atoms with van der Waals surface area (Å²) in [7, 11) is 6.94. The first-order chi connectivity index (χ1) is 8.71. The standard InChI is InChI=1S/C12H16N4O2/c1-13-12-15-14-11(16(12)2)9-6-5-8(17-3)7-10(9)18-4/h5-7H,1-4H3,(H,13,15). The number of hydrogen-bond donors (Lipinski definition) is 1. The summed E-state index contributed by atoms with van der Waals surface area (Å²) in [4.78, 5) is 0. The van der Waals surface area contributed by atoms with Crippen LogP contribution in [0.5, 0.6) is 11.5 Å². The topological polar surface area (TPSA) is 61.2 Å². The molecule has 6 heteroatoms. The van der Waals surface area contributed by atoms with Gasteiger partial charge in [-0.1, -0.05) is 0 Å². The molecule has 1 aromatic heterocycles. The molecule has 0 radical (unpaired) electrons. The minimum Gasteiger partial charge on any atom is -0.497 e. The van der Waals surface area contributed by atoms with E-state index >= 15 is 0 Å². The van der Waals surface area contributed by atoms with E-state index in [2.05, 4.69) is 15.5 Å². The number of methoxy groups -OCH3 is 2. The lowest BCUT2D eigenvalue weighted by Gasteiger charge is -2.10. The second-order valence-electron chi connectivity index (χ2n) is 3.72. The summed E-state index contributed by atoms with van der Waals surface area (Å²) < 4.78 is 12.4. The van der Waals surface area contributed by atoms with E-state index in [9.17, 15) is 0 Å². The predicted octanol–water partition coefficient (Wildman–Crippen LogP) is 1.54. The molecule has 0 aliphatic rings. The van der Waals surface area contributed by atoms with Crippen molar-refractivity contribution in [3.8, 4) is 22.9 Å². The number of nitrogens with one attached hydrogen (secondary N) is 1. The predicted molar refractivity (Wildman–Crippen MR) is 69.1 cm³/mol. The summed E-state index contributed by atoms with van der Waals surface area (Å²) >= 11 is 0. The zero-order valence-electron chi connectivity index (χ0n) is 10.9. The maximum atomic E-state index is 5.36. The molecule has 0 atom stereocenters. The SMILES string of the molecule is CNc1nnc(-c2ccc(OC)cc2OC)n1C. The van der Waals surface area contributed by atoms with Crippen LogP contribution in [0.4, 0.5) is 5.95 Å². The molecular weight excluding hydrogens is 232 g/mol. The van der Waals surface area contributed by atoms with Gasteiger partial charge in [0.25, 0.3) is 0 Å². The number of hydrogen-bond acceptors (Lipinski definition) is 5. The Balaban J connectivity index is 2.52. The van der Waals surface area contributed by atoms with E-state index in [-0.39, 0.29) is 0 Å². The minimum atomic E-state index is 0.697. The summed E-state index contributed by atoms with van der Waals surface area (Å²) in [6.07, 6.45) is 0. The van der Waals surface area contributed by atoms with Crippen LogP contribution >= 0.6 is 0 Å². The zero-order valence-corrected chi connectivity index (χ0v) is 10.9. The molecule has 1 aromatic carbocycles. The fourth-order valence-electron chi connectivity index (χ4n) is 1.76. The molecule has 0 bridgehead atoms. The molecule has 0 unspecified atom stereocenters. The molecule has 0 saturated heterocycles. The molecule has 96 valence electrons. The van der Waals surface area contributed by atoms with Crippen molar-refractivity contribution < 1.29 is 9.47 Å². The van der Waals surface area contributed by atoms with Gasteiger partial charge in [0.05, 0.1) is 19.8 Å². The Morgan fingerprint density at radius 1 is 1.17 bits per heavy atom. The van der Waals surface area contributed by atoms with Crippen LogP contribution in [0.3, 0.4) is 0 Å². The van der Waals surface area contributed by atoms with Crippen molar-refractivity contribution in [3.63, 3.8) is 0 Å². The van der Waals surface area contributed by atoms with Gasteiger partial charge in [0.2, 0.25) is 5.95 Å². The molecule has 0 aliphatic carbocycles. The van der Waals surface area contributed by atoms with E-state index in [1.807, 2.05) is 29.8 Å². The van der Waals surface area contributed by atoms with Gasteiger partial charge >= 0.3 is 0 Å². The van der Waals surface area contributed by atoms with Gasteiger partial charge in [-0.15, -0.1) is 10.2 Å². The van der Waals surface area contributed by atoms with Crippen LogP contribution in [0.1, 0.15) is 0 Å². The minimum absolute atomic E-state index is 0.697. The van der Waals surface area contributed by atoms with E-state index in [1.165, 1.54) is 0 Å². The molecule has 0 saturated carbocycles. The fraction of sp³-hybridized carbons (Fsp3) is 0.333. The molecule has 2 rings (SSSR count). The number of aromatic nitrogens is 3. The van der Waals surface area contributed by atoms with Gasteiger partial charge in [-0.05, 0) is 12.1 Å². The summed E-state index contributed by atoms with van der Waals surface area (Å²) in [5.41, 5.74) is 0.870. The van der Waals surface area contributed by atoms with E-state index in [1.54, 1.807) is 21.3 Å². The van der Waals surface area contributed by atoms with Crippen molar-refractivity contribution in [3.05, 3.63) is 18.2 Å². The van der Waals surface area contributed by atoms with Gasteiger partial charge in [-0.3, -0.25) is 4.57 Å². The van der Waals surface area contributed by atoms with E-state index in [4.69, 9.17) is 9.47 Å². The van der Waals surface area contributed by atoms with Crippen LogP contribution in [-0.2, 0) is 7.05 Å². The van der Waals surface area contributed by atoms with Crippen molar-refractivity contribution >= 4 is 5.95 Å². The molecule has 1 heterocycles. The van der Waals surface area contributed by atoms with Crippen molar-refractivity contribution in [2.45, 2.75) is 0 Å². The number of rotatable bonds is 4. The van der Waals surface area contributed by atoms with Gasteiger partial charge in [0.15, 0.2) is 5.82 Å². The third kappa shape index (κ3) is 1.97. The van der Waals surface area contributed by atoms with Crippen LogP contribution in [0, 0.1) is 0 Å². The summed E-state index contributed by atoms with van der Waals surface area (Å²) in [5.74, 6) is 2.88. The third-order valence-corrected chi connectivity index (χ3v) is 2.75. The van der Waals surface area contributed by atoms with E-state index in [0.29, 0.717) is 11.7 Å².